The fourth-order valence-corrected chi connectivity index (χ4v) is 1.85. The molecule has 0 aliphatic heterocycles. The first kappa shape index (κ1) is 11.9. The predicted octanol–water partition coefficient (Wildman–Crippen LogP) is 2.91. The highest BCUT2D eigenvalue weighted by Gasteiger charge is 2.06. The standard InChI is InChI=1S/C12H14ClN3O/c13-7-2-1-6-11(17)15-10-5-3-4-9-8-14-16-12(9)10/h3-5,8H,1-2,6-7H2,(H,14,16)(H,15,17). The van der Waals surface area contributed by atoms with Crippen molar-refractivity contribution >= 4 is 34.1 Å². The Bertz CT molecular complexity index is 509. The number of rotatable bonds is 5. The Balaban J connectivity index is 2.03. The molecule has 4 nitrogen and oxygen atoms in total. The number of carbonyl (C=O) groups is 1. The van der Waals surface area contributed by atoms with Crippen LogP contribution < -0.4 is 5.32 Å². The number of hydrogen-bond acceptors (Lipinski definition) is 2. The van der Waals surface area contributed by atoms with Gasteiger partial charge in [0.15, 0.2) is 0 Å². The third-order valence-electron chi connectivity index (χ3n) is 2.54. The van der Waals surface area contributed by atoms with Crippen molar-refractivity contribution in [3.63, 3.8) is 0 Å². The smallest absolute Gasteiger partial charge is 0.224 e. The molecule has 1 aromatic heterocycles. The van der Waals surface area contributed by atoms with Crippen molar-refractivity contribution in [2.24, 2.45) is 0 Å². The van der Waals surface area contributed by atoms with Gasteiger partial charge < -0.3 is 5.32 Å². The van der Waals surface area contributed by atoms with E-state index in [1.165, 1.54) is 0 Å². The quantitative estimate of drug-likeness (QED) is 0.634. The van der Waals surface area contributed by atoms with Crippen molar-refractivity contribution in [1.82, 2.24) is 10.2 Å². The average Bonchev–Trinajstić information content (AvgIpc) is 2.78. The molecule has 2 N–H and O–H groups in total. The van der Waals surface area contributed by atoms with E-state index in [9.17, 15) is 4.79 Å². The Morgan fingerprint density at radius 1 is 1.41 bits per heavy atom. The number of para-hydroxylation sites is 1. The largest absolute Gasteiger partial charge is 0.324 e. The maximum absolute atomic E-state index is 11.7. The number of aromatic nitrogens is 2. The molecule has 2 rings (SSSR count). The number of anilines is 1. The van der Waals surface area contributed by atoms with E-state index < -0.39 is 0 Å². The number of hydrogen-bond donors (Lipinski definition) is 2. The Kier molecular flexibility index (Phi) is 3.98. The molecule has 0 atom stereocenters. The number of nitrogens with zero attached hydrogens (tertiary/aromatic N) is 1. The summed E-state index contributed by atoms with van der Waals surface area (Å²) in [5.41, 5.74) is 1.63. The molecule has 0 saturated carbocycles. The first-order valence-electron chi connectivity index (χ1n) is 5.59. The van der Waals surface area contributed by atoms with Crippen LogP contribution in [0.25, 0.3) is 10.9 Å². The van der Waals surface area contributed by atoms with Gasteiger partial charge in [0, 0.05) is 17.7 Å². The van der Waals surface area contributed by atoms with Crippen LogP contribution in [0.4, 0.5) is 5.69 Å². The molecule has 17 heavy (non-hydrogen) atoms. The Morgan fingerprint density at radius 2 is 2.29 bits per heavy atom. The van der Waals surface area contributed by atoms with Gasteiger partial charge in [-0.1, -0.05) is 12.1 Å². The third-order valence-corrected chi connectivity index (χ3v) is 2.81. The first-order chi connectivity index (χ1) is 8.31. The number of nitrogens with one attached hydrogen (secondary N) is 2. The molecule has 1 aromatic carbocycles. The van der Waals surface area contributed by atoms with E-state index in [2.05, 4.69) is 15.5 Å². The summed E-state index contributed by atoms with van der Waals surface area (Å²) < 4.78 is 0. The number of fused-ring (bicyclic) bond motifs is 1. The Morgan fingerprint density at radius 3 is 3.12 bits per heavy atom. The highest BCUT2D eigenvalue weighted by molar-refractivity contribution is 6.17. The molecule has 2 aromatic rings. The van der Waals surface area contributed by atoms with E-state index in [-0.39, 0.29) is 5.91 Å². The topological polar surface area (TPSA) is 57.8 Å². The van der Waals surface area contributed by atoms with E-state index in [4.69, 9.17) is 11.6 Å². The molecule has 0 saturated heterocycles. The summed E-state index contributed by atoms with van der Waals surface area (Å²) in [7, 11) is 0. The number of alkyl halides is 1. The lowest BCUT2D eigenvalue weighted by atomic mass is 10.2. The summed E-state index contributed by atoms with van der Waals surface area (Å²) in [5.74, 6) is 0.612. The lowest BCUT2D eigenvalue weighted by Gasteiger charge is -2.05. The molecule has 0 radical (unpaired) electrons. The van der Waals surface area contributed by atoms with Gasteiger partial charge in [-0.05, 0) is 18.9 Å². The van der Waals surface area contributed by atoms with Gasteiger partial charge >= 0.3 is 0 Å². The van der Waals surface area contributed by atoms with Crippen LogP contribution in [-0.4, -0.2) is 22.0 Å². The summed E-state index contributed by atoms with van der Waals surface area (Å²) in [6.07, 6.45) is 3.91. The molecule has 0 fully saturated rings. The number of amides is 1. The van der Waals surface area contributed by atoms with Crippen LogP contribution in [-0.2, 0) is 4.79 Å². The van der Waals surface area contributed by atoms with Gasteiger partial charge in [-0.25, -0.2) is 0 Å². The molecule has 5 heteroatoms. The van der Waals surface area contributed by atoms with Crippen LogP contribution in [0.3, 0.4) is 0 Å². The molecule has 0 bridgehead atoms. The van der Waals surface area contributed by atoms with Gasteiger partial charge in [-0.2, -0.15) is 5.10 Å². The van der Waals surface area contributed by atoms with Crippen LogP contribution in [0.2, 0.25) is 0 Å². The summed E-state index contributed by atoms with van der Waals surface area (Å²) in [6.45, 7) is 0. The molecule has 90 valence electrons. The zero-order valence-corrected chi connectivity index (χ0v) is 10.1. The van der Waals surface area contributed by atoms with Crippen molar-refractivity contribution in [2.75, 3.05) is 11.2 Å². The van der Waals surface area contributed by atoms with Gasteiger partial charge in [0.05, 0.1) is 17.4 Å². The normalized spacial score (nSPS) is 10.6. The van der Waals surface area contributed by atoms with Crippen molar-refractivity contribution in [1.29, 1.82) is 0 Å². The lowest BCUT2D eigenvalue weighted by Crippen LogP contribution is -2.11. The predicted molar refractivity (Wildman–Crippen MR) is 69.3 cm³/mol. The molecule has 0 unspecified atom stereocenters. The number of carbonyl (C=O) groups excluding carboxylic acids is 1. The molecule has 0 aliphatic carbocycles. The second-order valence-electron chi connectivity index (χ2n) is 3.83. The number of aromatic amines is 1. The number of H-pyrrole nitrogens is 1. The first-order valence-corrected chi connectivity index (χ1v) is 6.12. The molecule has 1 amide bonds. The lowest BCUT2D eigenvalue weighted by molar-refractivity contribution is -0.116. The van der Waals surface area contributed by atoms with E-state index in [0.29, 0.717) is 12.3 Å². The monoisotopic (exact) mass is 251 g/mol. The minimum Gasteiger partial charge on any atom is -0.324 e. The van der Waals surface area contributed by atoms with Crippen LogP contribution in [0.1, 0.15) is 19.3 Å². The van der Waals surface area contributed by atoms with E-state index >= 15 is 0 Å². The summed E-state index contributed by atoms with van der Waals surface area (Å²) in [4.78, 5) is 11.7. The third kappa shape index (κ3) is 2.97. The Hall–Kier alpha value is -1.55. The van der Waals surface area contributed by atoms with Crippen LogP contribution in [0, 0.1) is 0 Å². The summed E-state index contributed by atoms with van der Waals surface area (Å²) in [5, 5.41) is 10.7. The second-order valence-corrected chi connectivity index (χ2v) is 4.21. The molecular weight excluding hydrogens is 238 g/mol. The van der Waals surface area contributed by atoms with Crippen LogP contribution >= 0.6 is 11.6 Å². The van der Waals surface area contributed by atoms with E-state index in [1.54, 1.807) is 6.20 Å². The SMILES string of the molecule is O=C(CCCCCl)Nc1cccc2cn[nH]c12. The highest BCUT2D eigenvalue weighted by atomic mass is 35.5. The molecule has 0 spiro atoms. The van der Waals surface area contributed by atoms with Gasteiger partial charge in [0.25, 0.3) is 0 Å². The summed E-state index contributed by atoms with van der Waals surface area (Å²) >= 11 is 5.56. The highest BCUT2D eigenvalue weighted by Crippen LogP contribution is 2.20. The number of unbranched alkanes of at least 4 members (excludes halogenated alkanes) is 1. The fraction of sp³-hybridized carbons (Fsp3) is 0.333. The second kappa shape index (κ2) is 5.68. The Labute approximate surface area is 104 Å². The van der Waals surface area contributed by atoms with Gasteiger partial charge in [0.2, 0.25) is 5.91 Å². The van der Waals surface area contributed by atoms with Gasteiger partial charge in [-0.3, -0.25) is 9.89 Å². The van der Waals surface area contributed by atoms with Crippen LogP contribution in [0.5, 0.6) is 0 Å². The minimum atomic E-state index is 0.0113. The fourth-order valence-electron chi connectivity index (χ4n) is 1.67. The van der Waals surface area contributed by atoms with Crippen molar-refractivity contribution in [3.8, 4) is 0 Å². The van der Waals surface area contributed by atoms with Crippen molar-refractivity contribution in [2.45, 2.75) is 19.3 Å². The van der Waals surface area contributed by atoms with Gasteiger partial charge in [-0.15, -0.1) is 11.6 Å². The summed E-state index contributed by atoms with van der Waals surface area (Å²) in [6, 6.07) is 5.70. The molecule has 0 aliphatic rings. The number of halogens is 1. The maximum Gasteiger partial charge on any atom is 0.224 e. The number of benzene rings is 1. The van der Waals surface area contributed by atoms with Crippen LogP contribution in [0.15, 0.2) is 24.4 Å². The molecular formula is C12H14ClN3O. The van der Waals surface area contributed by atoms with Gasteiger partial charge in [0.1, 0.15) is 0 Å². The molecule has 1 heterocycles. The zero-order chi connectivity index (χ0) is 12.1. The maximum atomic E-state index is 11.7. The van der Waals surface area contributed by atoms with E-state index in [0.717, 1.165) is 29.4 Å². The minimum absolute atomic E-state index is 0.0113. The average molecular weight is 252 g/mol. The van der Waals surface area contributed by atoms with Crippen molar-refractivity contribution < 1.29 is 4.79 Å². The van der Waals surface area contributed by atoms with E-state index in [1.807, 2.05) is 18.2 Å². The van der Waals surface area contributed by atoms with Crippen molar-refractivity contribution in [3.05, 3.63) is 24.4 Å². The zero-order valence-electron chi connectivity index (χ0n) is 9.37.